The predicted molar refractivity (Wildman–Crippen MR) is 81.9 cm³/mol. The van der Waals surface area contributed by atoms with Crippen LogP contribution in [-0.4, -0.2) is 30.1 Å². The Bertz CT molecular complexity index is 248. The van der Waals surface area contributed by atoms with E-state index in [1.165, 1.54) is 32.2 Å². The third kappa shape index (κ3) is 17.4. The van der Waals surface area contributed by atoms with E-state index in [1.54, 1.807) is 0 Å². The van der Waals surface area contributed by atoms with E-state index < -0.39 is 8.65 Å². The summed E-state index contributed by atoms with van der Waals surface area (Å²) >= 11 is 0. The van der Waals surface area contributed by atoms with Crippen molar-refractivity contribution in [2.75, 3.05) is 20.3 Å². The van der Waals surface area contributed by atoms with Gasteiger partial charge in [-0.3, -0.25) is 0 Å². The molecule has 0 fully saturated rings. The van der Waals surface area contributed by atoms with Crippen molar-refractivity contribution in [3.05, 3.63) is 12.4 Å². The SMILES string of the molecule is CCCCCCN1C=CN(C)C1.[Cl][Zn]([Cl])([Cl])([Cl])[Cl]. The van der Waals surface area contributed by atoms with Crippen LogP contribution in [0.1, 0.15) is 32.6 Å². The zero-order valence-corrected chi connectivity index (χ0v) is 17.6. The summed E-state index contributed by atoms with van der Waals surface area (Å²) in [4.78, 5) is 4.58. The summed E-state index contributed by atoms with van der Waals surface area (Å²) in [6, 6.07) is 0. The molecule has 1 aliphatic heterocycles. The Morgan fingerprint density at radius 3 is 1.94 bits per heavy atom. The second-order valence-electron chi connectivity index (χ2n) is 4.58. The molecule has 1 heterocycles. The molecule has 107 valence electrons. The Balaban J connectivity index is 0.000000411. The van der Waals surface area contributed by atoms with Gasteiger partial charge in [0.05, 0.1) is 6.67 Å². The van der Waals surface area contributed by atoms with Gasteiger partial charge in [0, 0.05) is 26.0 Å². The van der Waals surface area contributed by atoms with Gasteiger partial charge in [-0.25, -0.2) is 0 Å². The summed E-state index contributed by atoms with van der Waals surface area (Å²) < 4.78 is 0. The summed E-state index contributed by atoms with van der Waals surface area (Å²) in [5.41, 5.74) is 0. The molecule has 0 saturated carbocycles. The Hall–Kier alpha value is 1.41. The normalized spacial score (nSPS) is 15.8. The molecule has 8 heteroatoms. The topological polar surface area (TPSA) is 6.48 Å². The molecule has 0 spiro atoms. The Morgan fingerprint density at radius 1 is 1.00 bits per heavy atom. The molecule has 0 atom stereocenters. The molecular formula is C10H20Cl5N2Zn. The van der Waals surface area contributed by atoms with Crippen molar-refractivity contribution >= 4 is 48.5 Å². The van der Waals surface area contributed by atoms with E-state index in [0.29, 0.717) is 0 Å². The number of unbranched alkanes of at least 4 members (excludes halogenated alkanes) is 3. The van der Waals surface area contributed by atoms with Crippen molar-refractivity contribution in [3.63, 3.8) is 0 Å². The minimum absolute atomic E-state index is 1.08. The predicted octanol–water partition coefficient (Wildman–Crippen LogP) is 5.69. The first kappa shape index (κ1) is 19.4. The van der Waals surface area contributed by atoms with Crippen molar-refractivity contribution in [2.24, 2.45) is 0 Å². The number of nitrogens with zero attached hydrogens (tertiary/aromatic N) is 2. The molecule has 0 N–H and O–H groups in total. The van der Waals surface area contributed by atoms with Gasteiger partial charge in [0.1, 0.15) is 0 Å². The molecule has 18 heavy (non-hydrogen) atoms. The van der Waals surface area contributed by atoms with Crippen LogP contribution in [0.15, 0.2) is 12.4 Å². The van der Waals surface area contributed by atoms with Crippen LogP contribution in [0.5, 0.6) is 0 Å². The number of halogens is 5. The van der Waals surface area contributed by atoms with Gasteiger partial charge in [0.2, 0.25) is 0 Å². The fourth-order valence-corrected chi connectivity index (χ4v) is 1.48. The summed E-state index contributed by atoms with van der Waals surface area (Å²) in [6.45, 7) is 4.55. The molecule has 0 aromatic heterocycles. The van der Waals surface area contributed by atoms with E-state index in [0.717, 1.165) is 6.67 Å². The van der Waals surface area contributed by atoms with Crippen LogP contribution in [0.3, 0.4) is 0 Å². The monoisotopic (exact) mass is 407 g/mol. The van der Waals surface area contributed by atoms with Gasteiger partial charge < -0.3 is 9.80 Å². The average molecular weight is 411 g/mol. The van der Waals surface area contributed by atoms with Crippen LogP contribution < -0.4 is 0 Å². The van der Waals surface area contributed by atoms with Crippen LogP contribution in [-0.2, 0) is 8.65 Å². The second kappa shape index (κ2) is 8.65. The summed E-state index contributed by atoms with van der Waals surface area (Å²) in [6.07, 6.45) is 9.76. The first-order chi connectivity index (χ1) is 8.06. The molecule has 2 nitrogen and oxygen atoms in total. The molecule has 0 amide bonds. The fraction of sp³-hybridized carbons (Fsp3) is 0.800. The second-order valence-corrected chi connectivity index (χ2v) is 50.8. The number of rotatable bonds is 5. The number of hydrogen-bond donors (Lipinski definition) is 0. The van der Waals surface area contributed by atoms with Crippen LogP contribution in [0.2, 0.25) is 0 Å². The van der Waals surface area contributed by atoms with Crippen LogP contribution >= 0.6 is 48.5 Å². The van der Waals surface area contributed by atoms with Crippen molar-refractivity contribution in [1.29, 1.82) is 0 Å². The van der Waals surface area contributed by atoms with E-state index in [4.69, 9.17) is 48.5 Å². The zero-order valence-electron chi connectivity index (χ0n) is 10.9. The van der Waals surface area contributed by atoms with Gasteiger partial charge in [-0.05, 0) is 6.42 Å². The van der Waals surface area contributed by atoms with Crippen LogP contribution in [0.4, 0.5) is 0 Å². The molecule has 0 unspecified atom stereocenters. The van der Waals surface area contributed by atoms with Gasteiger partial charge >= 0.3 is 57.1 Å². The van der Waals surface area contributed by atoms with Gasteiger partial charge in [0.25, 0.3) is 0 Å². The average Bonchev–Trinajstić information content (AvgIpc) is 2.55. The molecule has 1 aliphatic rings. The minimum atomic E-state index is -4.46. The van der Waals surface area contributed by atoms with Gasteiger partial charge in [-0.2, -0.15) is 0 Å². The van der Waals surface area contributed by atoms with E-state index in [9.17, 15) is 0 Å². The first-order valence-electron chi connectivity index (χ1n) is 6.29. The summed E-state index contributed by atoms with van der Waals surface area (Å²) in [5, 5.41) is 0. The van der Waals surface area contributed by atoms with Gasteiger partial charge in [0.15, 0.2) is 0 Å². The van der Waals surface area contributed by atoms with Crippen molar-refractivity contribution in [1.82, 2.24) is 9.80 Å². The summed E-state index contributed by atoms with van der Waals surface area (Å²) in [5.74, 6) is 0. The Morgan fingerprint density at radius 2 is 1.56 bits per heavy atom. The third-order valence-corrected chi connectivity index (χ3v) is 2.24. The van der Waals surface area contributed by atoms with Gasteiger partial charge in [-0.1, -0.05) is 26.2 Å². The first-order valence-corrected chi connectivity index (χ1v) is 25.8. The van der Waals surface area contributed by atoms with E-state index in [-0.39, 0.29) is 0 Å². The maximum atomic E-state index is 5.06. The molecule has 0 bridgehead atoms. The third-order valence-electron chi connectivity index (χ3n) is 2.24. The standard InChI is InChI=1S/C10H20N2.5ClH.Zn/c1-3-4-5-6-7-12-9-8-11(2)10-12;;;;;;/h8-9H,3-7,10H2,1-2H3;5*1H;/q;;;;;;+5/p-5. The molecule has 1 rings (SSSR count). The molecule has 0 saturated heterocycles. The molecule has 0 aromatic rings. The Kier molecular flexibility index (Phi) is 9.32. The fourth-order valence-electron chi connectivity index (χ4n) is 1.48. The summed E-state index contributed by atoms with van der Waals surface area (Å²) in [7, 11) is 23.0. The van der Waals surface area contributed by atoms with Crippen molar-refractivity contribution in [3.8, 4) is 0 Å². The van der Waals surface area contributed by atoms with E-state index >= 15 is 0 Å². The number of hydrogen-bond acceptors (Lipinski definition) is 2. The molecule has 0 radical (unpaired) electrons. The van der Waals surface area contributed by atoms with Crippen LogP contribution in [0, 0.1) is 0 Å². The van der Waals surface area contributed by atoms with Crippen LogP contribution in [0.25, 0.3) is 0 Å². The van der Waals surface area contributed by atoms with Gasteiger partial charge in [-0.15, -0.1) is 0 Å². The van der Waals surface area contributed by atoms with E-state index in [2.05, 4.69) is 36.2 Å². The Labute approximate surface area is 131 Å². The molecule has 0 aromatic carbocycles. The van der Waals surface area contributed by atoms with Crippen molar-refractivity contribution in [2.45, 2.75) is 32.6 Å². The van der Waals surface area contributed by atoms with Crippen molar-refractivity contribution < 1.29 is 8.65 Å². The molecule has 0 aliphatic carbocycles. The quantitative estimate of drug-likeness (QED) is 0.424. The zero-order chi connectivity index (χ0) is 14.3. The van der Waals surface area contributed by atoms with E-state index in [1.807, 2.05) is 0 Å². The molecular weight excluding hydrogens is 391 g/mol. The maximum absolute atomic E-state index is 5.06.